The first-order valence-corrected chi connectivity index (χ1v) is 4.64. The van der Waals surface area contributed by atoms with Gasteiger partial charge in [-0.3, -0.25) is 0 Å². The lowest BCUT2D eigenvalue weighted by molar-refractivity contribution is -0.00830. The van der Waals surface area contributed by atoms with Gasteiger partial charge in [0.15, 0.2) is 0 Å². The van der Waals surface area contributed by atoms with E-state index in [1.165, 1.54) is 0 Å². The van der Waals surface area contributed by atoms with Gasteiger partial charge in [-0.25, -0.2) is 5.01 Å². The number of morpholine rings is 1. The molecule has 1 saturated heterocycles. The van der Waals surface area contributed by atoms with Crippen molar-refractivity contribution < 1.29 is 4.74 Å². The second-order valence-electron chi connectivity index (χ2n) is 3.25. The molecule has 0 bridgehead atoms. The average Bonchev–Trinajstić information content (AvgIpc) is 2.30. The van der Waals surface area contributed by atoms with Crippen molar-refractivity contribution in [2.75, 3.05) is 19.8 Å². The molecule has 1 unspecified atom stereocenters. The van der Waals surface area contributed by atoms with Crippen LogP contribution in [0.1, 0.15) is 11.6 Å². The number of nitrogens with zero attached hydrogens (tertiary/aromatic N) is 2. The molecule has 1 atom stereocenters. The highest BCUT2D eigenvalue weighted by atomic mass is 16.5. The molecule has 1 aromatic carbocycles. The van der Waals surface area contributed by atoms with Gasteiger partial charge in [-0.2, -0.15) is 0 Å². The number of nitroso groups, excluding NO2 is 1. The highest BCUT2D eigenvalue weighted by Gasteiger charge is 2.23. The first kappa shape index (κ1) is 9.15. The molecule has 0 spiro atoms. The van der Waals surface area contributed by atoms with Gasteiger partial charge in [0.1, 0.15) is 0 Å². The fourth-order valence-electron chi connectivity index (χ4n) is 1.64. The second-order valence-corrected chi connectivity index (χ2v) is 3.25. The predicted octanol–water partition coefficient (Wildman–Crippen LogP) is 1.74. The maximum absolute atomic E-state index is 10.6. The monoisotopic (exact) mass is 192 g/mol. The Morgan fingerprint density at radius 3 is 2.86 bits per heavy atom. The first-order valence-electron chi connectivity index (χ1n) is 4.64. The van der Waals surface area contributed by atoms with E-state index < -0.39 is 0 Å². The Balaban J connectivity index is 2.19. The van der Waals surface area contributed by atoms with Crippen LogP contribution >= 0.6 is 0 Å². The largest absolute Gasteiger partial charge is 0.377 e. The minimum atomic E-state index is -0.0255. The van der Waals surface area contributed by atoms with Crippen molar-refractivity contribution in [2.45, 2.75) is 6.04 Å². The summed E-state index contributed by atoms with van der Waals surface area (Å²) in [4.78, 5) is 10.6. The molecule has 4 nitrogen and oxygen atoms in total. The van der Waals surface area contributed by atoms with Crippen LogP contribution in [-0.2, 0) is 4.74 Å². The summed E-state index contributed by atoms with van der Waals surface area (Å²) in [6.45, 7) is 1.69. The zero-order valence-electron chi connectivity index (χ0n) is 7.80. The van der Waals surface area contributed by atoms with Crippen LogP contribution in [0.25, 0.3) is 0 Å². The normalized spacial score (nSPS) is 22.0. The van der Waals surface area contributed by atoms with E-state index in [4.69, 9.17) is 4.74 Å². The van der Waals surface area contributed by atoms with Crippen molar-refractivity contribution in [2.24, 2.45) is 5.29 Å². The highest BCUT2D eigenvalue weighted by molar-refractivity contribution is 5.19. The molecule has 2 rings (SSSR count). The number of rotatable bonds is 2. The van der Waals surface area contributed by atoms with Crippen LogP contribution in [0.3, 0.4) is 0 Å². The van der Waals surface area contributed by atoms with Crippen molar-refractivity contribution in [3.05, 3.63) is 40.8 Å². The van der Waals surface area contributed by atoms with Crippen molar-refractivity contribution in [1.82, 2.24) is 5.01 Å². The molecular formula is C10H12N2O2. The van der Waals surface area contributed by atoms with Gasteiger partial charge >= 0.3 is 0 Å². The van der Waals surface area contributed by atoms with Gasteiger partial charge in [0.25, 0.3) is 0 Å². The Morgan fingerprint density at radius 1 is 1.36 bits per heavy atom. The van der Waals surface area contributed by atoms with Crippen LogP contribution in [0, 0.1) is 4.91 Å². The van der Waals surface area contributed by atoms with Crippen LogP contribution in [-0.4, -0.2) is 24.8 Å². The lowest BCUT2D eigenvalue weighted by Gasteiger charge is -2.30. The number of hydrogen-bond acceptors (Lipinski definition) is 3. The van der Waals surface area contributed by atoms with Crippen LogP contribution in [0.2, 0.25) is 0 Å². The zero-order chi connectivity index (χ0) is 9.80. The summed E-state index contributed by atoms with van der Waals surface area (Å²) < 4.78 is 5.33. The molecule has 0 aromatic heterocycles. The Kier molecular flexibility index (Phi) is 2.74. The molecule has 14 heavy (non-hydrogen) atoms. The molecular weight excluding hydrogens is 180 g/mol. The van der Waals surface area contributed by atoms with Crippen molar-refractivity contribution in [3.63, 3.8) is 0 Å². The Labute approximate surface area is 82.4 Å². The topological polar surface area (TPSA) is 41.9 Å². The fraction of sp³-hybridized carbons (Fsp3) is 0.400. The molecule has 0 amide bonds. The Morgan fingerprint density at radius 2 is 2.14 bits per heavy atom. The zero-order valence-corrected chi connectivity index (χ0v) is 7.80. The predicted molar refractivity (Wildman–Crippen MR) is 52.5 cm³/mol. The van der Waals surface area contributed by atoms with E-state index in [0.29, 0.717) is 19.8 Å². The third-order valence-corrected chi connectivity index (χ3v) is 2.39. The van der Waals surface area contributed by atoms with E-state index in [9.17, 15) is 4.91 Å². The minimum Gasteiger partial charge on any atom is -0.377 e. The molecule has 4 heteroatoms. The molecule has 0 radical (unpaired) electrons. The van der Waals surface area contributed by atoms with Crippen LogP contribution < -0.4 is 0 Å². The van der Waals surface area contributed by atoms with Gasteiger partial charge in [0.2, 0.25) is 0 Å². The molecule has 1 aromatic rings. The van der Waals surface area contributed by atoms with Crippen LogP contribution in [0.15, 0.2) is 35.6 Å². The maximum Gasteiger partial charge on any atom is 0.0986 e. The lowest BCUT2D eigenvalue weighted by atomic mass is 10.1. The summed E-state index contributed by atoms with van der Waals surface area (Å²) in [5.74, 6) is 0. The third kappa shape index (κ3) is 1.75. The molecule has 74 valence electrons. The van der Waals surface area contributed by atoms with Gasteiger partial charge < -0.3 is 4.74 Å². The van der Waals surface area contributed by atoms with Crippen molar-refractivity contribution in [3.8, 4) is 0 Å². The summed E-state index contributed by atoms with van der Waals surface area (Å²) in [6, 6.07) is 9.79. The Hall–Kier alpha value is -1.42. The van der Waals surface area contributed by atoms with E-state index in [1.807, 2.05) is 30.3 Å². The SMILES string of the molecule is O=NN1CCOCC1c1ccccc1. The first-order chi connectivity index (χ1) is 6.92. The quantitative estimate of drug-likeness (QED) is 0.670. The minimum absolute atomic E-state index is 0.0255. The summed E-state index contributed by atoms with van der Waals surface area (Å²) in [7, 11) is 0. The van der Waals surface area contributed by atoms with E-state index >= 15 is 0 Å². The fourth-order valence-corrected chi connectivity index (χ4v) is 1.64. The average molecular weight is 192 g/mol. The molecule has 1 aliphatic rings. The second kappa shape index (κ2) is 4.19. The van der Waals surface area contributed by atoms with Crippen molar-refractivity contribution in [1.29, 1.82) is 0 Å². The van der Waals surface area contributed by atoms with Gasteiger partial charge in [0.05, 0.1) is 31.1 Å². The van der Waals surface area contributed by atoms with Crippen LogP contribution in [0.4, 0.5) is 0 Å². The van der Waals surface area contributed by atoms with E-state index in [-0.39, 0.29) is 6.04 Å². The molecule has 1 heterocycles. The molecule has 0 aliphatic carbocycles. The third-order valence-electron chi connectivity index (χ3n) is 2.39. The number of hydrogen-bond donors (Lipinski definition) is 0. The number of benzene rings is 1. The standard InChI is InChI=1S/C10H12N2O2/c13-11-12-6-7-14-8-10(12)9-4-2-1-3-5-9/h1-5,10H,6-8H2. The molecule has 1 aliphatic heterocycles. The van der Waals surface area contributed by atoms with Gasteiger partial charge in [0, 0.05) is 0 Å². The summed E-state index contributed by atoms with van der Waals surface area (Å²) in [5, 5.41) is 4.55. The van der Waals surface area contributed by atoms with Crippen molar-refractivity contribution >= 4 is 0 Å². The highest BCUT2D eigenvalue weighted by Crippen LogP contribution is 2.23. The molecule has 0 N–H and O–H groups in total. The van der Waals surface area contributed by atoms with Gasteiger partial charge in [-0.1, -0.05) is 30.3 Å². The van der Waals surface area contributed by atoms with Crippen LogP contribution in [0.5, 0.6) is 0 Å². The van der Waals surface area contributed by atoms with E-state index in [2.05, 4.69) is 5.29 Å². The lowest BCUT2D eigenvalue weighted by Crippen LogP contribution is -2.35. The van der Waals surface area contributed by atoms with Gasteiger partial charge in [-0.15, -0.1) is 4.91 Å². The summed E-state index contributed by atoms with van der Waals surface area (Å²) in [6.07, 6.45) is 0. The van der Waals surface area contributed by atoms with E-state index in [1.54, 1.807) is 5.01 Å². The molecule has 0 saturated carbocycles. The van der Waals surface area contributed by atoms with Gasteiger partial charge in [-0.05, 0) is 5.56 Å². The smallest absolute Gasteiger partial charge is 0.0986 e. The molecule has 1 fully saturated rings. The number of ether oxygens (including phenoxy) is 1. The van der Waals surface area contributed by atoms with E-state index in [0.717, 1.165) is 5.56 Å². The maximum atomic E-state index is 10.6. The Bertz CT molecular complexity index is 302. The summed E-state index contributed by atoms with van der Waals surface area (Å²) in [5.41, 5.74) is 1.08. The summed E-state index contributed by atoms with van der Waals surface area (Å²) >= 11 is 0.